The molecule has 0 saturated heterocycles. The summed E-state index contributed by atoms with van der Waals surface area (Å²) < 4.78 is 0. The van der Waals surface area contributed by atoms with Crippen molar-refractivity contribution in [3.63, 3.8) is 0 Å². The van der Waals surface area contributed by atoms with Crippen molar-refractivity contribution in [1.29, 1.82) is 0 Å². The molecule has 1 aliphatic rings. The topological polar surface area (TPSA) is 38.9 Å². The maximum atomic E-state index is 6.38. The van der Waals surface area contributed by atoms with E-state index in [-0.39, 0.29) is 6.04 Å². The summed E-state index contributed by atoms with van der Waals surface area (Å²) in [5, 5.41) is 0. The van der Waals surface area contributed by atoms with Crippen molar-refractivity contribution in [3.05, 3.63) is 65.5 Å². The third kappa shape index (κ3) is 3.70. The minimum Gasteiger partial charge on any atom is -0.328 e. The molecule has 0 amide bonds. The Bertz CT molecular complexity index is 565. The molecule has 2 N–H and O–H groups in total. The summed E-state index contributed by atoms with van der Waals surface area (Å²) in [4.78, 5) is 4.38. The van der Waals surface area contributed by atoms with Gasteiger partial charge in [-0.05, 0) is 67.7 Å². The average Bonchev–Trinajstić information content (AvgIpc) is 2.54. The molecule has 2 nitrogen and oxygen atoms in total. The van der Waals surface area contributed by atoms with E-state index in [1.165, 1.54) is 30.4 Å². The van der Waals surface area contributed by atoms with Gasteiger partial charge in [0, 0.05) is 17.9 Å². The van der Waals surface area contributed by atoms with Crippen LogP contribution in [0.1, 0.15) is 48.4 Å². The van der Waals surface area contributed by atoms with Gasteiger partial charge in [0.05, 0.1) is 0 Å². The molecule has 1 aromatic heterocycles. The Morgan fingerprint density at radius 1 is 1.14 bits per heavy atom. The van der Waals surface area contributed by atoms with E-state index < -0.39 is 0 Å². The third-order valence-electron chi connectivity index (χ3n) is 4.58. The zero-order valence-corrected chi connectivity index (χ0v) is 12.5. The molecule has 0 saturated carbocycles. The Morgan fingerprint density at radius 3 is 2.86 bits per heavy atom. The van der Waals surface area contributed by atoms with Crippen molar-refractivity contribution >= 4 is 0 Å². The zero-order chi connectivity index (χ0) is 14.5. The first kappa shape index (κ1) is 14.3. The minimum atomic E-state index is 0.267. The van der Waals surface area contributed by atoms with Crippen LogP contribution < -0.4 is 5.73 Å². The van der Waals surface area contributed by atoms with Gasteiger partial charge in [0.1, 0.15) is 0 Å². The van der Waals surface area contributed by atoms with Crippen LogP contribution in [-0.2, 0) is 12.8 Å². The Balaban J connectivity index is 1.57. The van der Waals surface area contributed by atoms with Crippen LogP contribution in [0, 0.1) is 0 Å². The molecule has 0 bridgehead atoms. The SMILES string of the molecule is NC(CCc1ccccn1)CC1CCCc2ccccc21. The van der Waals surface area contributed by atoms with Gasteiger partial charge in [0.2, 0.25) is 0 Å². The second-order valence-corrected chi connectivity index (χ2v) is 6.14. The number of hydrogen-bond acceptors (Lipinski definition) is 2. The lowest BCUT2D eigenvalue weighted by atomic mass is 9.79. The van der Waals surface area contributed by atoms with Gasteiger partial charge in [-0.15, -0.1) is 0 Å². The summed E-state index contributed by atoms with van der Waals surface area (Å²) in [7, 11) is 0. The monoisotopic (exact) mass is 280 g/mol. The molecule has 2 atom stereocenters. The Kier molecular flexibility index (Phi) is 4.66. The van der Waals surface area contributed by atoms with Crippen LogP contribution in [-0.4, -0.2) is 11.0 Å². The van der Waals surface area contributed by atoms with Crippen LogP contribution in [0.4, 0.5) is 0 Å². The predicted molar refractivity (Wildman–Crippen MR) is 87.3 cm³/mol. The number of aromatic nitrogens is 1. The van der Waals surface area contributed by atoms with Crippen LogP contribution in [0.15, 0.2) is 48.7 Å². The van der Waals surface area contributed by atoms with E-state index >= 15 is 0 Å². The van der Waals surface area contributed by atoms with Crippen LogP contribution in [0.25, 0.3) is 0 Å². The normalized spacial score (nSPS) is 19.0. The molecule has 2 aromatic rings. The molecular formula is C19H24N2. The molecule has 0 aliphatic heterocycles. The first-order chi connectivity index (χ1) is 10.3. The molecule has 0 fully saturated rings. The highest BCUT2D eigenvalue weighted by Crippen LogP contribution is 2.34. The summed E-state index contributed by atoms with van der Waals surface area (Å²) >= 11 is 0. The van der Waals surface area contributed by atoms with E-state index in [1.807, 2.05) is 18.3 Å². The lowest BCUT2D eigenvalue weighted by Crippen LogP contribution is -2.25. The number of hydrogen-bond donors (Lipinski definition) is 1. The number of fused-ring (bicyclic) bond motifs is 1. The largest absolute Gasteiger partial charge is 0.328 e. The van der Waals surface area contributed by atoms with Crippen LogP contribution in [0.2, 0.25) is 0 Å². The summed E-state index contributed by atoms with van der Waals surface area (Å²) in [5.74, 6) is 0.647. The van der Waals surface area contributed by atoms with E-state index in [4.69, 9.17) is 5.73 Å². The number of aryl methyl sites for hydroxylation is 2. The molecule has 21 heavy (non-hydrogen) atoms. The van der Waals surface area contributed by atoms with Gasteiger partial charge in [-0.3, -0.25) is 4.98 Å². The average molecular weight is 280 g/mol. The van der Waals surface area contributed by atoms with Crippen molar-refractivity contribution in [3.8, 4) is 0 Å². The van der Waals surface area contributed by atoms with Crippen molar-refractivity contribution in [1.82, 2.24) is 4.98 Å². The molecule has 0 spiro atoms. The van der Waals surface area contributed by atoms with E-state index in [0.717, 1.165) is 25.0 Å². The fraction of sp³-hybridized carbons (Fsp3) is 0.421. The quantitative estimate of drug-likeness (QED) is 0.903. The summed E-state index contributed by atoms with van der Waals surface area (Å²) in [6.45, 7) is 0. The molecule has 1 heterocycles. The van der Waals surface area contributed by atoms with E-state index in [9.17, 15) is 0 Å². The zero-order valence-electron chi connectivity index (χ0n) is 12.5. The summed E-state index contributed by atoms with van der Waals surface area (Å²) in [6.07, 6.45) is 8.78. The Hall–Kier alpha value is -1.67. The first-order valence-electron chi connectivity index (χ1n) is 8.06. The Labute approximate surface area is 127 Å². The minimum absolute atomic E-state index is 0.267. The molecule has 2 heteroatoms. The van der Waals surface area contributed by atoms with Gasteiger partial charge in [-0.1, -0.05) is 30.3 Å². The van der Waals surface area contributed by atoms with Gasteiger partial charge in [0.25, 0.3) is 0 Å². The number of rotatable bonds is 5. The van der Waals surface area contributed by atoms with Gasteiger partial charge in [0.15, 0.2) is 0 Å². The lowest BCUT2D eigenvalue weighted by molar-refractivity contribution is 0.452. The molecule has 1 aliphatic carbocycles. The van der Waals surface area contributed by atoms with Crippen molar-refractivity contribution in [2.75, 3.05) is 0 Å². The van der Waals surface area contributed by atoms with Gasteiger partial charge in [-0.25, -0.2) is 0 Å². The first-order valence-corrected chi connectivity index (χ1v) is 8.06. The summed E-state index contributed by atoms with van der Waals surface area (Å²) in [6, 6.07) is 15.3. The lowest BCUT2D eigenvalue weighted by Gasteiger charge is -2.27. The van der Waals surface area contributed by atoms with Crippen molar-refractivity contribution < 1.29 is 0 Å². The number of nitrogens with two attached hydrogens (primary N) is 1. The van der Waals surface area contributed by atoms with Gasteiger partial charge in [-0.2, -0.15) is 0 Å². The van der Waals surface area contributed by atoms with Crippen molar-refractivity contribution in [2.45, 2.75) is 50.5 Å². The third-order valence-corrected chi connectivity index (χ3v) is 4.58. The number of nitrogens with zero attached hydrogens (tertiary/aromatic N) is 1. The van der Waals surface area contributed by atoms with Crippen LogP contribution in [0.5, 0.6) is 0 Å². The van der Waals surface area contributed by atoms with Crippen LogP contribution in [0.3, 0.4) is 0 Å². The maximum absolute atomic E-state index is 6.38. The molecule has 110 valence electrons. The van der Waals surface area contributed by atoms with Crippen molar-refractivity contribution in [2.24, 2.45) is 5.73 Å². The second kappa shape index (κ2) is 6.86. The molecule has 0 radical (unpaired) electrons. The van der Waals surface area contributed by atoms with E-state index in [2.05, 4.69) is 35.3 Å². The molecule has 3 rings (SSSR count). The summed E-state index contributed by atoms with van der Waals surface area (Å²) in [5.41, 5.74) is 10.6. The van der Waals surface area contributed by atoms with Gasteiger partial charge >= 0.3 is 0 Å². The Morgan fingerprint density at radius 2 is 2.00 bits per heavy atom. The second-order valence-electron chi connectivity index (χ2n) is 6.14. The highest BCUT2D eigenvalue weighted by Gasteiger charge is 2.21. The standard InChI is InChI=1S/C19H24N2/c20-17(11-12-18-9-3-4-13-21-18)14-16-8-5-7-15-6-1-2-10-19(15)16/h1-4,6,9-10,13,16-17H,5,7-8,11-12,14,20H2. The highest BCUT2D eigenvalue weighted by atomic mass is 14.7. The molecule has 2 unspecified atom stereocenters. The van der Waals surface area contributed by atoms with Crippen LogP contribution >= 0.6 is 0 Å². The van der Waals surface area contributed by atoms with E-state index in [1.54, 1.807) is 0 Å². The number of pyridine rings is 1. The predicted octanol–water partition coefficient (Wildman–Crippen LogP) is 3.85. The molecule has 1 aromatic carbocycles. The van der Waals surface area contributed by atoms with E-state index in [0.29, 0.717) is 5.92 Å². The number of benzene rings is 1. The maximum Gasteiger partial charge on any atom is 0.0404 e. The smallest absolute Gasteiger partial charge is 0.0404 e. The fourth-order valence-corrected chi connectivity index (χ4v) is 3.46. The highest BCUT2D eigenvalue weighted by molar-refractivity contribution is 5.32. The van der Waals surface area contributed by atoms with Gasteiger partial charge < -0.3 is 5.73 Å². The molecular weight excluding hydrogens is 256 g/mol. The fourth-order valence-electron chi connectivity index (χ4n) is 3.46.